The number of ether oxygens (including phenoxy) is 1. The van der Waals surface area contributed by atoms with Crippen molar-refractivity contribution in [1.29, 1.82) is 0 Å². The van der Waals surface area contributed by atoms with Crippen molar-refractivity contribution in [1.82, 2.24) is 0 Å². The summed E-state index contributed by atoms with van der Waals surface area (Å²) in [5.74, 6) is -1.12. The summed E-state index contributed by atoms with van der Waals surface area (Å²) in [6, 6.07) is 3.19. The average Bonchev–Trinajstić information content (AvgIpc) is 2.99. The minimum Gasteiger partial charge on any atom is -0.462 e. The summed E-state index contributed by atoms with van der Waals surface area (Å²) in [6.45, 7) is 2.01. The minimum atomic E-state index is -0.714. The Balaban J connectivity index is 1.88. The van der Waals surface area contributed by atoms with Crippen molar-refractivity contribution in [2.45, 2.75) is 45.4 Å². The summed E-state index contributed by atoms with van der Waals surface area (Å²) < 4.78 is 18.6. The van der Waals surface area contributed by atoms with Gasteiger partial charge in [0, 0.05) is 4.88 Å². The third-order valence-corrected chi connectivity index (χ3v) is 6.19. The van der Waals surface area contributed by atoms with Gasteiger partial charge in [0.2, 0.25) is 0 Å². The molecule has 1 aliphatic carbocycles. The van der Waals surface area contributed by atoms with Crippen molar-refractivity contribution in [3.63, 3.8) is 0 Å². The molecule has 0 saturated heterocycles. The van der Waals surface area contributed by atoms with Crippen LogP contribution < -0.4 is 10.6 Å². The van der Waals surface area contributed by atoms with E-state index in [0.717, 1.165) is 61.1 Å². The predicted molar refractivity (Wildman–Crippen MR) is 119 cm³/mol. The molecule has 0 saturated carbocycles. The van der Waals surface area contributed by atoms with Gasteiger partial charge in [-0.25, -0.2) is 9.18 Å². The van der Waals surface area contributed by atoms with Gasteiger partial charge in [0.15, 0.2) is 5.11 Å². The van der Waals surface area contributed by atoms with E-state index in [2.05, 4.69) is 10.6 Å². The lowest BCUT2D eigenvalue weighted by Gasteiger charge is -2.13. The van der Waals surface area contributed by atoms with Crippen LogP contribution in [0.3, 0.4) is 0 Å². The third-order valence-electron chi connectivity index (χ3n) is 4.78. The van der Waals surface area contributed by atoms with Crippen LogP contribution in [0.2, 0.25) is 0 Å². The van der Waals surface area contributed by atoms with E-state index < -0.39 is 22.4 Å². The van der Waals surface area contributed by atoms with Crippen LogP contribution in [0.1, 0.15) is 53.4 Å². The molecule has 0 spiro atoms. The number of nitrogens with one attached hydrogen (secondary N) is 2. The highest BCUT2D eigenvalue weighted by Gasteiger charge is 2.26. The van der Waals surface area contributed by atoms with E-state index in [1.807, 2.05) is 0 Å². The first kappa shape index (κ1) is 22.1. The van der Waals surface area contributed by atoms with Crippen LogP contribution >= 0.6 is 23.6 Å². The minimum absolute atomic E-state index is 0.0616. The zero-order valence-corrected chi connectivity index (χ0v) is 18.1. The number of nitro benzene ring substituents is 1. The fraction of sp³-hybridized carbons (Fsp3) is 0.400. The first-order chi connectivity index (χ1) is 14.4. The molecule has 30 heavy (non-hydrogen) atoms. The smallest absolute Gasteiger partial charge is 0.341 e. The molecule has 3 rings (SSSR count). The maximum absolute atomic E-state index is 13.4. The van der Waals surface area contributed by atoms with Crippen molar-refractivity contribution < 1.29 is 18.8 Å². The Morgan fingerprint density at radius 3 is 2.70 bits per heavy atom. The normalized spacial score (nSPS) is 13.5. The zero-order valence-electron chi connectivity index (χ0n) is 16.5. The number of hydrogen-bond acceptors (Lipinski definition) is 6. The van der Waals surface area contributed by atoms with E-state index in [0.29, 0.717) is 10.6 Å². The number of thiophene rings is 1. The largest absolute Gasteiger partial charge is 0.462 e. The number of thiocarbonyl (C=S) groups is 1. The number of nitrogens with zero attached hydrogens (tertiary/aromatic N) is 1. The fourth-order valence-electron chi connectivity index (χ4n) is 3.44. The van der Waals surface area contributed by atoms with E-state index in [-0.39, 0.29) is 17.4 Å². The summed E-state index contributed by atoms with van der Waals surface area (Å²) >= 11 is 6.78. The molecular weight excluding hydrogens is 429 g/mol. The molecule has 2 N–H and O–H groups in total. The van der Waals surface area contributed by atoms with Crippen LogP contribution in [0.15, 0.2) is 18.2 Å². The van der Waals surface area contributed by atoms with E-state index in [4.69, 9.17) is 17.0 Å². The molecule has 0 atom stereocenters. The number of aryl methyl sites for hydroxylation is 1. The summed E-state index contributed by atoms with van der Waals surface area (Å²) in [5.41, 5.74) is 1.11. The molecule has 0 fully saturated rings. The van der Waals surface area contributed by atoms with Crippen LogP contribution in [0, 0.1) is 15.9 Å². The van der Waals surface area contributed by atoms with Gasteiger partial charge in [-0.3, -0.25) is 10.1 Å². The topological polar surface area (TPSA) is 93.5 Å². The Morgan fingerprint density at radius 2 is 2.00 bits per heavy atom. The molecule has 0 aliphatic heterocycles. The quantitative estimate of drug-likeness (QED) is 0.271. The second kappa shape index (κ2) is 9.94. The summed E-state index contributed by atoms with van der Waals surface area (Å²) in [6.07, 6.45) is 6.01. The Morgan fingerprint density at radius 1 is 1.27 bits per heavy atom. The van der Waals surface area contributed by atoms with Crippen molar-refractivity contribution in [2.75, 3.05) is 17.2 Å². The van der Waals surface area contributed by atoms with Gasteiger partial charge >= 0.3 is 5.97 Å². The number of hydrogen-bond donors (Lipinski definition) is 2. The van der Waals surface area contributed by atoms with Crippen LogP contribution in [0.5, 0.6) is 0 Å². The Labute approximate surface area is 182 Å². The molecule has 0 radical (unpaired) electrons. The number of rotatable bonds is 5. The molecule has 0 amide bonds. The molecule has 1 aromatic carbocycles. The lowest BCUT2D eigenvalue weighted by molar-refractivity contribution is -0.384. The number of esters is 1. The van der Waals surface area contributed by atoms with Crippen LogP contribution in [0.25, 0.3) is 0 Å². The second-order valence-corrected chi connectivity index (χ2v) is 8.35. The summed E-state index contributed by atoms with van der Waals surface area (Å²) in [7, 11) is 0. The van der Waals surface area contributed by atoms with E-state index in [1.54, 1.807) is 6.92 Å². The van der Waals surface area contributed by atoms with Crippen molar-refractivity contribution >= 4 is 51.0 Å². The maximum Gasteiger partial charge on any atom is 0.341 e. The van der Waals surface area contributed by atoms with E-state index in [9.17, 15) is 19.3 Å². The van der Waals surface area contributed by atoms with E-state index >= 15 is 0 Å². The number of benzene rings is 1. The summed E-state index contributed by atoms with van der Waals surface area (Å²) in [5, 5.41) is 17.6. The van der Waals surface area contributed by atoms with Gasteiger partial charge in [0.05, 0.1) is 23.2 Å². The zero-order chi connectivity index (χ0) is 21.7. The van der Waals surface area contributed by atoms with Crippen molar-refractivity contribution in [2.24, 2.45) is 0 Å². The molecule has 160 valence electrons. The van der Waals surface area contributed by atoms with Gasteiger partial charge in [-0.1, -0.05) is 12.8 Å². The molecule has 7 nitrogen and oxygen atoms in total. The first-order valence-electron chi connectivity index (χ1n) is 9.74. The fourth-order valence-corrected chi connectivity index (χ4v) is 5.00. The first-order valence-corrected chi connectivity index (χ1v) is 11.0. The van der Waals surface area contributed by atoms with Gasteiger partial charge in [-0.05, 0) is 62.5 Å². The molecule has 1 aliphatic rings. The third kappa shape index (κ3) is 5.11. The number of fused-ring (bicyclic) bond motifs is 1. The molecule has 2 aromatic rings. The highest BCUT2D eigenvalue weighted by Crippen LogP contribution is 2.38. The lowest BCUT2D eigenvalue weighted by Crippen LogP contribution is -2.21. The standard InChI is InChI=1S/C20H22FN3O4S2/c1-2-28-19(25)17-13-7-5-3-4-6-8-16(13)30-18(17)23-20(29)22-14-10-9-12(21)11-15(14)24(26)27/h9-11H,2-8H2,1H3,(H2,22,23,29). The number of carbonyl (C=O) groups is 1. The van der Waals surface area contributed by atoms with Gasteiger partial charge in [0.25, 0.3) is 5.69 Å². The molecule has 0 unspecified atom stereocenters. The van der Waals surface area contributed by atoms with E-state index in [1.165, 1.54) is 17.4 Å². The Bertz CT molecular complexity index is 977. The molecular formula is C20H22FN3O4S2. The maximum atomic E-state index is 13.4. The van der Waals surface area contributed by atoms with Gasteiger partial charge in [-0.15, -0.1) is 11.3 Å². The van der Waals surface area contributed by atoms with Gasteiger partial charge in [0.1, 0.15) is 16.5 Å². The monoisotopic (exact) mass is 451 g/mol. The number of nitro groups is 1. The highest BCUT2D eigenvalue weighted by atomic mass is 32.1. The lowest BCUT2D eigenvalue weighted by atomic mass is 9.96. The van der Waals surface area contributed by atoms with Gasteiger partial charge < -0.3 is 15.4 Å². The number of anilines is 2. The second-order valence-electron chi connectivity index (χ2n) is 6.84. The number of carbonyl (C=O) groups excluding carboxylic acids is 1. The Kier molecular flexibility index (Phi) is 7.33. The molecule has 1 aromatic heterocycles. The number of halogens is 1. The predicted octanol–water partition coefficient (Wildman–Crippen LogP) is 5.44. The highest BCUT2D eigenvalue weighted by molar-refractivity contribution is 7.80. The van der Waals surface area contributed by atoms with Crippen LogP contribution in [0.4, 0.5) is 20.8 Å². The van der Waals surface area contributed by atoms with Crippen molar-refractivity contribution in [3.8, 4) is 0 Å². The SMILES string of the molecule is CCOC(=O)c1c(NC(=S)Nc2ccc(F)cc2[N+](=O)[O-])sc2c1CCCCCC2. The van der Waals surface area contributed by atoms with Crippen molar-refractivity contribution in [3.05, 3.63) is 50.1 Å². The van der Waals surface area contributed by atoms with Gasteiger partial charge in [-0.2, -0.15) is 0 Å². The average molecular weight is 452 g/mol. The van der Waals surface area contributed by atoms with Crippen LogP contribution in [-0.4, -0.2) is 22.6 Å². The Hall–Kier alpha value is -2.59. The summed E-state index contributed by atoms with van der Waals surface area (Å²) in [4.78, 5) is 24.3. The molecule has 0 bridgehead atoms. The van der Waals surface area contributed by atoms with Crippen LogP contribution in [-0.2, 0) is 17.6 Å². The molecule has 1 heterocycles. The molecule has 10 heteroatoms.